The molecule has 16 heavy (non-hydrogen) atoms. The summed E-state index contributed by atoms with van der Waals surface area (Å²) < 4.78 is 2.00. The number of nitrogens with zero attached hydrogens (tertiary/aromatic N) is 4. The zero-order valence-corrected chi connectivity index (χ0v) is 8.83. The summed E-state index contributed by atoms with van der Waals surface area (Å²) in [5.74, 6) is 1.72. The first-order valence-electron chi connectivity index (χ1n) is 5.08. The number of aryl methyl sites for hydroxylation is 1. The molecule has 0 unspecified atom stereocenters. The lowest BCUT2D eigenvalue weighted by Crippen LogP contribution is -2.00. The van der Waals surface area contributed by atoms with E-state index in [-0.39, 0.29) is 0 Å². The average Bonchev–Trinajstić information content (AvgIpc) is 2.66. The van der Waals surface area contributed by atoms with E-state index in [0.29, 0.717) is 0 Å². The summed E-state index contributed by atoms with van der Waals surface area (Å²) in [5.41, 5.74) is 2.03. The lowest BCUT2D eigenvalue weighted by atomic mass is 10.3. The summed E-state index contributed by atoms with van der Waals surface area (Å²) in [6, 6.07) is 11.8. The number of fused-ring (bicyclic) bond motifs is 1. The van der Waals surface area contributed by atoms with Gasteiger partial charge in [-0.05, 0) is 31.2 Å². The van der Waals surface area contributed by atoms with Crippen molar-refractivity contribution in [1.29, 1.82) is 0 Å². The molecule has 0 radical (unpaired) electrons. The number of aromatic nitrogens is 4. The molecule has 0 bridgehead atoms. The molecule has 0 saturated heterocycles. The fourth-order valence-electron chi connectivity index (χ4n) is 1.85. The summed E-state index contributed by atoms with van der Waals surface area (Å²) in [5, 5.41) is 8.00. The van der Waals surface area contributed by atoms with Gasteiger partial charge in [0.2, 0.25) is 0 Å². The van der Waals surface area contributed by atoms with Crippen molar-refractivity contribution in [2.45, 2.75) is 6.92 Å². The Morgan fingerprint density at radius 2 is 1.94 bits per heavy atom. The van der Waals surface area contributed by atoms with Crippen molar-refractivity contribution < 1.29 is 0 Å². The predicted octanol–water partition coefficient (Wildman–Crippen LogP) is 2.12. The van der Waals surface area contributed by atoms with Crippen molar-refractivity contribution in [3.8, 4) is 5.82 Å². The monoisotopic (exact) mass is 210 g/mol. The van der Waals surface area contributed by atoms with Crippen LogP contribution in [-0.2, 0) is 0 Å². The maximum atomic E-state index is 4.48. The first kappa shape index (κ1) is 9.03. The van der Waals surface area contributed by atoms with Crippen LogP contribution in [0.4, 0.5) is 0 Å². The molecule has 0 aliphatic rings. The van der Waals surface area contributed by atoms with Crippen molar-refractivity contribution >= 4 is 11.0 Å². The number of rotatable bonds is 1. The summed E-state index contributed by atoms with van der Waals surface area (Å²) in [6.07, 6.45) is 1.66. The van der Waals surface area contributed by atoms with Crippen LogP contribution >= 0.6 is 0 Å². The van der Waals surface area contributed by atoms with Crippen molar-refractivity contribution in [2.24, 2.45) is 0 Å². The van der Waals surface area contributed by atoms with Crippen LogP contribution in [0.2, 0.25) is 0 Å². The molecule has 0 aliphatic carbocycles. The number of benzene rings is 1. The van der Waals surface area contributed by atoms with E-state index < -0.39 is 0 Å². The van der Waals surface area contributed by atoms with Crippen molar-refractivity contribution in [1.82, 2.24) is 19.7 Å². The number of para-hydroxylation sites is 2. The van der Waals surface area contributed by atoms with E-state index in [9.17, 15) is 0 Å². The topological polar surface area (TPSA) is 43.6 Å². The zero-order valence-electron chi connectivity index (χ0n) is 8.83. The molecule has 0 spiro atoms. The second-order valence-electron chi connectivity index (χ2n) is 3.56. The van der Waals surface area contributed by atoms with E-state index in [2.05, 4.69) is 15.2 Å². The molecule has 2 heterocycles. The standard InChI is InChI=1S/C12H10N4/c1-9-14-10-5-2-3-6-11(10)16(9)12-7-4-8-13-15-12/h2-8H,1H3. The van der Waals surface area contributed by atoms with E-state index >= 15 is 0 Å². The fraction of sp³-hybridized carbons (Fsp3) is 0.0833. The molecule has 0 amide bonds. The van der Waals surface area contributed by atoms with Gasteiger partial charge >= 0.3 is 0 Å². The van der Waals surface area contributed by atoms with E-state index in [0.717, 1.165) is 22.7 Å². The van der Waals surface area contributed by atoms with Crippen LogP contribution < -0.4 is 0 Å². The highest BCUT2D eigenvalue weighted by Crippen LogP contribution is 2.18. The molecule has 3 aromatic rings. The third-order valence-corrected chi connectivity index (χ3v) is 2.52. The third kappa shape index (κ3) is 1.27. The minimum Gasteiger partial charge on any atom is -0.279 e. The van der Waals surface area contributed by atoms with Crippen LogP contribution in [0.1, 0.15) is 5.82 Å². The van der Waals surface area contributed by atoms with Gasteiger partial charge in [-0.2, -0.15) is 5.10 Å². The van der Waals surface area contributed by atoms with Crippen molar-refractivity contribution in [3.63, 3.8) is 0 Å². The number of hydrogen-bond donors (Lipinski definition) is 0. The Morgan fingerprint density at radius 1 is 1.06 bits per heavy atom. The van der Waals surface area contributed by atoms with E-state index in [1.165, 1.54) is 0 Å². The van der Waals surface area contributed by atoms with Gasteiger partial charge in [-0.3, -0.25) is 4.57 Å². The summed E-state index contributed by atoms with van der Waals surface area (Å²) in [7, 11) is 0. The molecule has 4 nitrogen and oxygen atoms in total. The minimum atomic E-state index is 0.800. The molecule has 3 rings (SSSR count). The Kier molecular flexibility index (Phi) is 1.93. The van der Waals surface area contributed by atoms with Crippen LogP contribution in [0, 0.1) is 6.92 Å². The quantitative estimate of drug-likeness (QED) is 0.618. The molecule has 78 valence electrons. The van der Waals surface area contributed by atoms with Gasteiger partial charge in [0.15, 0.2) is 5.82 Å². The predicted molar refractivity (Wildman–Crippen MR) is 61.4 cm³/mol. The van der Waals surface area contributed by atoms with Gasteiger partial charge in [0.05, 0.1) is 11.0 Å². The Hall–Kier alpha value is -2.23. The summed E-state index contributed by atoms with van der Waals surface area (Å²) >= 11 is 0. The van der Waals surface area contributed by atoms with Crippen LogP contribution in [-0.4, -0.2) is 19.7 Å². The maximum Gasteiger partial charge on any atom is 0.161 e. The number of hydrogen-bond acceptors (Lipinski definition) is 3. The molecule has 0 saturated carbocycles. The third-order valence-electron chi connectivity index (χ3n) is 2.52. The van der Waals surface area contributed by atoms with Gasteiger partial charge in [0.25, 0.3) is 0 Å². The van der Waals surface area contributed by atoms with Gasteiger partial charge in [-0.25, -0.2) is 4.98 Å². The minimum absolute atomic E-state index is 0.800. The maximum absolute atomic E-state index is 4.48. The average molecular weight is 210 g/mol. The highest BCUT2D eigenvalue weighted by atomic mass is 15.2. The van der Waals surface area contributed by atoms with Gasteiger partial charge in [0, 0.05) is 6.20 Å². The first-order valence-corrected chi connectivity index (χ1v) is 5.08. The van der Waals surface area contributed by atoms with Gasteiger partial charge < -0.3 is 0 Å². The molecule has 1 aromatic carbocycles. The highest BCUT2D eigenvalue weighted by Gasteiger charge is 2.08. The first-order chi connectivity index (χ1) is 7.86. The Morgan fingerprint density at radius 3 is 2.75 bits per heavy atom. The summed E-state index contributed by atoms with van der Waals surface area (Å²) in [4.78, 5) is 4.48. The summed E-state index contributed by atoms with van der Waals surface area (Å²) in [6.45, 7) is 1.97. The van der Waals surface area contributed by atoms with E-state index in [1.807, 2.05) is 47.9 Å². The van der Waals surface area contributed by atoms with Gasteiger partial charge in [0.1, 0.15) is 5.82 Å². The van der Waals surface area contributed by atoms with Crippen molar-refractivity contribution in [3.05, 3.63) is 48.4 Å². The Bertz CT molecular complexity index is 628. The van der Waals surface area contributed by atoms with E-state index in [4.69, 9.17) is 0 Å². The lowest BCUT2D eigenvalue weighted by molar-refractivity contribution is 0.897. The Balaban J connectivity index is 2.35. The second-order valence-corrected chi connectivity index (χ2v) is 3.56. The Labute approximate surface area is 92.6 Å². The molecular weight excluding hydrogens is 200 g/mol. The number of imidazole rings is 1. The molecule has 0 fully saturated rings. The second kappa shape index (κ2) is 3.41. The normalized spacial score (nSPS) is 10.8. The van der Waals surface area contributed by atoms with Crippen molar-refractivity contribution in [2.75, 3.05) is 0 Å². The van der Waals surface area contributed by atoms with Gasteiger partial charge in [-0.15, -0.1) is 5.10 Å². The van der Waals surface area contributed by atoms with E-state index in [1.54, 1.807) is 6.20 Å². The smallest absolute Gasteiger partial charge is 0.161 e. The van der Waals surface area contributed by atoms with Crippen LogP contribution in [0.25, 0.3) is 16.9 Å². The van der Waals surface area contributed by atoms with Gasteiger partial charge in [-0.1, -0.05) is 12.1 Å². The molecule has 4 heteroatoms. The van der Waals surface area contributed by atoms with Crippen LogP contribution in [0.3, 0.4) is 0 Å². The molecule has 0 N–H and O–H groups in total. The van der Waals surface area contributed by atoms with Crippen LogP contribution in [0.15, 0.2) is 42.6 Å². The fourth-order valence-corrected chi connectivity index (χ4v) is 1.85. The lowest BCUT2D eigenvalue weighted by Gasteiger charge is -2.03. The highest BCUT2D eigenvalue weighted by molar-refractivity contribution is 5.77. The molecule has 0 atom stereocenters. The molecular formula is C12H10N4. The van der Waals surface area contributed by atoms with Crippen LogP contribution in [0.5, 0.6) is 0 Å². The molecule has 2 aromatic heterocycles. The SMILES string of the molecule is Cc1nc2ccccc2n1-c1cccnn1. The largest absolute Gasteiger partial charge is 0.279 e. The molecule has 0 aliphatic heterocycles. The zero-order chi connectivity index (χ0) is 11.0.